The molecule has 1 unspecified atom stereocenters. The van der Waals surface area contributed by atoms with Crippen molar-refractivity contribution in [3.05, 3.63) is 95.6 Å². The molecule has 0 aliphatic heterocycles. The zero-order chi connectivity index (χ0) is 19.2. The average molecular weight is 360 g/mol. The van der Waals surface area contributed by atoms with Crippen molar-refractivity contribution in [1.29, 1.82) is 0 Å². The minimum absolute atomic E-state index is 0.431. The van der Waals surface area contributed by atoms with Crippen molar-refractivity contribution in [3.63, 3.8) is 0 Å². The highest BCUT2D eigenvalue weighted by Crippen LogP contribution is 2.27. The first-order valence-corrected chi connectivity index (χ1v) is 8.71. The van der Waals surface area contributed by atoms with Gasteiger partial charge in [0.05, 0.1) is 12.3 Å². The highest BCUT2D eigenvalue weighted by molar-refractivity contribution is 5.83. The van der Waals surface area contributed by atoms with Gasteiger partial charge in [-0.2, -0.15) is 0 Å². The third-order valence-electron chi connectivity index (χ3n) is 4.56. The fraction of sp³-hybridized carbons (Fsp3) is 0.130. The molecule has 3 aromatic rings. The molecule has 0 heterocycles. The van der Waals surface area contributed by atoms with Crippen LogP contribution in [-0.2, 0) is 16.0 Å². The van der Waals surface area contributed by atoms with Gasteiger partial charge in [0.2, 0.25) is 0 Å². The average Bonchev–Trinajstić information content (AvgIpc) is 2.68. The van der Waals surface area contributed by atoms with E-state index in [0.717, 1.165) is 22.3 Å². The molecule has 2 N–H and O–H groups in total. The van der Waals surface area contributed by atoms with E-state index in [0.29, 0.717) is 12.0 Å². The van der Waals surface area contributed by atoms with Crippen molar-refractivity contribution in [1.82, 2.24) is 0 Å². The van der Waals surface area contributed by atoms with Gasteiger partial charge in [0.15, 0.2) is 0 Å². The van der Waals surface area contributed by atoms with Gasteiger partial charge in [0.25, 0.3) is 0 Å². The molecule has 0 amide bonds. The van der Waals surface area contributed by atoms with Gasteiger partial charge in [-0.3, -0.25) is 9.59 Å². The molecule has 0 aliphatic rings. The lowest BCUT2D eigenvalue weighted by molar-refractivity contribution is -0.145. The van der Waals surface area contributed by atoms with Gasteiger partial charge < -0.3 is 10.2 Å². The second kappa shape index (κ2) is 8.32. The highest BCUT2D eigenvalue weighted by atomic mass is 16.4. The van der Waals surface area contributed by atoms with Crippen LogP contribution in [-0.4, -0.2) is 22.2 Å². The van der Waals surface area contributed by atoms with Gasteiger partial charge in [0.1, 0.15) is 0 Å². The molecule has 0 radical (unpaired) electrons. The van der Waals surface area contributed by atoms with Crippen molar-refractivity contribution < 1.29 is 19.8 Å². The van der Waals surface area contributed by atoms with Crippen LogP contribution < -0.4 is 0 Å². The molecule has 0 spiro atoms. The first-order valence-electron chi connectivity index (χ1n) is 8.71. The standard InChI is InChI=1S/C23H20O4/c24-22(25)15-21(23(26)27)20-9-5-4-8-19(20)14-16-10-12-18(13-11-16)17-6-2-1-3-7-17/h1-13,21H,14-15H2,(H,24,25)(H,26,27). The zero-order valence-corrected chi connectivity index (χ0v) is 14.7. The first-order chi connectivity index (χ1) is 13.0. The lowest BCUT2D eigenvalue weighted by atomic mass is 9.88. The third-order valence-corrected chi connectivity index (χ3v) is 4.56. The van der Waals surface area contributed by atoms with Gasteiger partial charge in [-0.05, 0) is 34.2 Å². The monoisotopic (exact) mass is 360 g/mol. The van der Waals surface area contributed by atoms with Crippen LogP contribution in [0.3, 0.4) is 0 Å². The molecule has 0 aromatic heterocycles. The molecule has 0 bridgehead atoms. The fourth-order valence-corrected chi connectivity index (χ4v) is 3.21. The summed E-state index contributed by atoms with van der Waals surface area (Å²) in [6.07, 6.45) is 0.119. The first kappa shape index (κ1) is 18.4. The number of rotatable bonds is 7. The molecular formula is C23H20O4. The maximum Gasteiger partial charge on any atom is 0.311 e. The Hall–Kier alpha value is -3.40. The molecule has 0 saturated carbocycles. The summed E-state index contributed by atoms with van der Waals surface area (Å²) in [5.41, 5.74) is 4.68. The van der Waals surface area contributed by atoms with Crippen molar-refractivity contribution in [2.75, 3.05) is 0 Å². The molecule has 0 fully saturated rings. The van der Waals surface area contributed by atoms with E-state index in [1.165, 1.54) is 0 Å². The highest BCUT2D eigenvalue weighted by Gasteiger charge is 2.25. The largest absolute Gasteiger partial charge is 0.481 e. The Morgan fingerprint density at radius 2 is 1.33 bits per heavy atom. The summed E-state index contributed by atoms with van der Waals surface area (Å²) in [6.45, 7) is 0. The van der Waals surface area contributed by atoms with Crippen molar-refractivity contribution >= 4 is 11.9 Å². The second-order valence-corrected chi connectivity index (χ2v) is 6.43. The summed E-state index contributed by atoms with van der Waals surface area (Å²) in [7, 11) is 0. The topological polar surface area (TPSA) is 74.6 Å². The number of carboxylic acids is 2. The molecule has 1 atom stereocenters. The normalized spacial score (nSPS) is 11.7. The molecule has 136 valence electrons. The summed E-state index contributed by atoms with van der Waals surface area (Å²) in [6, 6.07) is 25.3. The van der Waals surface area contributed by atoms with Gasteiger partial charge in [-0.15, -0.1) is 0 Å². The van der Waals surface area contributed by atoms with Crippen LogP contribution in [0.1, 0.15) is 29.0 Å². The summed E-state index contributed by atoms with van der Waals surface area (Å²) in [4.78, 5) is 22.6. The SMILES string of the molecule is O=C(O)CC(C(=O)O)c1ccccc1Cc1ccc(-c2ccccc2)cc1. The number of carbonyl (C=O) groups is 2. The van der Waals surface area contributed by atoms with Crippen LogP contribution in [0, 0.1) is 0 Å². The number of aliphatic carboxylic acids is 2. The van der Waals surface area contributed by atoms with E-state index in [4.69, 9.17) is 5.11 Å². The summed E-state index contributed by atoms with van der Waals surface area (Å²) in [5, 5.41) is 18.5. The lowest BCUT2D eigenvalue weighted by Crippen LogP contribution is -2.17. The molecular weight excluding hydrogens is 340 g/mol. The number of benzene rings is 3. The Morgan fingerprint density at radius 3 is 1.96 bits per heavy atom. The minimum atomic E-state index is -1.12. The van der Waals surface area contributed by atoms with Crippen molar-refractivity contribution in [2.45, 2.75) is 18.8 Å². The third kappa shape index (κ3) is 4.61. The molecule has 4 heteroatoms. The van der Waals surface area contributed by atoms with Crippen LogP contribution >= 0.6 is 0 Å². The zero-order valence-electron chi connectivity index (χ0n) is 14.7. The molecule has 27 heavy (non-hydrogen) atoms. The van der Waals surface area contributed by atoms with Gasteiger partial charge in [0, 0.05) is 0 Å². The fourth-order valence-electron chi connectivity index (χ4n) is 3.21. The van der Waals surface area contributed by atoms with Crippen molar-refractivity contribution in [3.8, 4) is 11.1 Å². The van der Waals surface area contributed by atoms with E-state index in [1.807, 2.05) is 66.7 Å². The van der Waals surface area contributed by atoms with Gasteiger partial charge >= 0.3 is 11.9 Å². The molecule has 0 aliphatic carbocycles. The molecule has 4 nitrogen and oxygen atoms in total. The quantitative estimate of drug-likeness (QED) is 0.646. The molecule has 3 rings (SSSR count). The second-order valence-electron chi connectivity index (χ2n) is 6.43. The van der Waals surface area contributed by atoms with E-state index >= 15 is 0 Å². The van der Waals surface area contributed by atoms with Crippen LogP contribution in [0.4, 0.5) is 0 Å². The van der Waals surface area contributed by atoms with E-state index in [9.17, 15) is 14.7 Å². The van der Waals surface area contributed by atoms with Crippen LogP contribution in [0.2, 0.25) is 0 Å². The summed E-state index contributed by atoms with van der Waals surface area (Å²) >= 11 is 0. The summed E-state index contributed by atoms with van der Waals surface area (Å²) < 4.78 is 0. The Balaban J connectivity index is 1.86. The maximum absolute atomic E-state index is 11.6. The smallest absolute Gasteiger partial charge is 0.311 e. The van der Waals surface area contributed by atoms with Gasteiger partial charge in [-0.25, -0.2) is 0 Å². The number of hydrogen-bond donors (Lipinski definition) is 2. The van der Waals surface area contributed by atoms with E-state index < -0.39 is 24.3 Å². The lowest BCUT2D eigenvalue weighted by Gasteiger charge is -2.15. The van der Waals surface area contributed by atoms with E-state index in [-0.39, 0.29) is 0 Å². The van der Waals surface area contributed by atoms with Crippen LogP contribution in [0.25, 0.3) is 11.1 Å². The summed E-state index contributed by atoms with van der Waals surface area (Å²) in [5.74, 6) is -3.30. The Kier molecular flexibility index (Phi) is 5.67. The maximum atomic E-state index is 11.6. The molecule has 0 saturated heterocycles. The van der Waals surface area contributed by atoms with Crippen LogP contribution in [0.5, 0.6) is 0 Å². The minimum Gasteiger partial charge on any atom is -0.481 e. The van der Waals surface area contributed by atoms with E-state index in [2.05, 4.69) is 0 Å². The number of hydrogen-bond acceptors (Lipinski definition) is 2. The van der Waals surface area contributed by atoms with E-state index in [1.54, 1.807) is 12.1 Å². The predicted molar refractivity (Wildman–Crippen MR) is 104 cm³/mol. The number of carboxylic acid groups (broad SMARTS) is 2. The van der Waals surface area contributed by atoms with Crippen molar-refractivity contribution in [2.24, 2.45) is 0 Å². The Labute approximate surface area is 157 Å². The Morgan fingerprint density at radius 1 is 0.741 bits per heavy atom. The van der Waals surface area contributed by atoms with Gasteiger partial charge in [-0.1, -0.05) is 78.9 Å². The Bertz CT molecular complexity index is 930. The molecule has 3 aromatic carbocycles. The van der Waals surface area contributed by atoms with Crippen LogP contribution in [0.15, 0.2) is 78.9 Å². The predicted octanol–water partition coefficient (Wildman–Crippen LogP) is 4.59.